The molecule has 2 fully saturated rings. The lowest BCUT2D eigenvalue weighted by atomic mass is 9.88. The molecule has 0 N–H and O–H groups in total. The molecule has 4 heterocycles. The molecule has 31 heavy (non-hydrogen) atoms. The molecule has 0 spiro atoms. The molecule has 1 atom stereocenters. The van der Waals surface area contributed by atoms with Crippen LogP contribution in [0.1, 0.15) is 36.9 Å². The first-order chi connectivity index (χ1) is 15.2. The zero-order chi connectivity index (χ0) is 21.2. The highest BCUT2D eigenvalue weighted by Gasteiger charge is 2.37. The Kier molecular flexibility index (Phi) is 5.68. The van der Waals surface area contributed by atoms with Crippen LogP contribution in [0.2, 0.25) is 0 Å². The number of methoxy groups -OCH3 is 1. The second-order valence-corrected chi connectivity index (χ2v) is 8.55. The number of fused-ring (bicyclic) bond motifs is 1. The molecule has 7 nitrogen and oxygen atoms in total. The Morgan fingerprint density at radius 3 is 2.87 bits per heavy atom. The van der Waals surface area contributed by atoms with Crippen LogP contribution >= 0.6 is 0 Å². The SMILES string of the molecule is COc1cc(C=C2CCCN3C2=NOC[C@H]3C2CCOCC2)ccc1-n1cnc(C)c1. The average molecular weight is 423 g/mol. The van der Waals surface area contributed by atoms with Gasteiger partial charge in [0.25, 0.3) is 0 Å². The maximum Gasteiger partial charge on any atom is 0.171 e. The fourth-order valence-electron chi connectivity index (χ4n) is 4.92. The van der Waals surface area contributed by atoms with E-state index in [1.54, 1.807) is 7.11 Å². The van der Waals surface area contributed by atoms with Crippen molar-refractivity contribution in [3.8, 4) is 11.4 Å². The first-order valence-electron chi connectivity index (χ1n) is 11.2. The fourth-order valence-corrected chi connectivity index (χ4v) is 4.92. The average Bonchev–Trinajstić information content (AvgIpc) is 3.25. The molecule has 3 aliphatic heterocycles. The van der Waals surface area contributed by atoms with E-state index < -0.39 is 0 Å². The standard InChI is InChI=1S/C24H30N4O3/c1-17-14-27(16-25-17)21-6-5-18(13-23(21)29-2)12-20-4-3-9-28-22(15-31-26-24(20)28)19-7-10-30-11-8-19/h5-6,12-14,16,19,22H,3-4,7-11,15H2,1-2H3/t22-/m0/s1. The van der Waals surface area contributed by atoms with Gasteiger partial charge in [-0.3, -0.25) is 0 Å². The summed E-state index contributed by atoms with van der Waals surface area (Å²) in [5, 5.41) is 4.48. The zero-order valence-corrected chi connectivity index (χ0v) is 18.3. The number of benzene rings is 1. The van der Waals surface area contributed by atoms with Gasteiger partial charge < -0.3 is 23.8 Å². The molecule has 2 saturated heterocycles. The third-order valence-electron chi connectivity index (χ3n) is 6.55. The summed E-state index contributed by atoms with van der Waals surface area (Å²) in [6.07, 6.45) is 10.4. The number of nitrogens with zero attached hydrogens (tertiary/aromatic N) is 4. The highest BCUT2D eigenvalue weighted by molar-refractivity contribution is 6.02. The van der Waals surface area contributed by atoms with E-state index in [0.29, 0.717) is 18.6 Å². The minimum atomic E-state index is 0.390. The Balaban J connectivity index is 1.41. The maximum absolute atomic E-state index is 5.73. The summed E-state index contributed by atoms with van der Waals surface area (Å²) >= 11 is 0. The van der Waals surface area contributed by atoms with Gasteiger partial charge in [-0.25, -0.2) is 4.98 Å². The van der Waals surface area contributed by atoms with Crippen molar-refractivity contribution < 1.29 is 14.3 Å². The van der Waals surface area contributed by atoms with Crippen molar-refractivity contribution in [3.05, 3.63) is 47.6 Å². The molecule has 0 saturated carbocycles. The molecule has 0 aliphatic carbocycles. The lowest BCUT2D eigenvalue weighted by Gasteiger charge is -2.44. The van der Waals surface area contributed by atoms with Gasteiger partial charge in [-0.05, 0) is 67.9 Å². The van der Waals surface area contributed by atoms with Crippen LogP contribution in [-0.2, 0) is 9.57 Å². The van der Waals surface area contributed by atoms with Crippen LogP contribution in [0.4, 0.5) is 0 Å². The Hall–Kier alpha value is -2.80. The lowest BCUT2D eigenvalue weighted by molar-refractivity contribution is -0.00906. The highest BCUT2D eigenvalue weighted by atomic mass is 16.6. The van der Waals surface area contributed by atoms with Crippen LogP contribution in [0.3, 0.4) is 0 Å². The van der Waals surface area contributed by atoms with Crippen molar-refractivity contribution in [2.75, 3.05) is 33.5 Å². The number of piperidine rings is 1. The molecule has 0 unspecified atom stereocenters. The molecule has 3 aliphatic rings. The van der Waals surface area contributed by atoms with Gasteiger partial charge in [0.15, 0.2) is 5.84 Å². The molecule has 0 bridgehead atoms. The van der Waals surface area contributed by atoms with E-state index in [1.807, 2.05) is 24.0 Å². The molecule has 0 amide bonds. The number of imidazole rings is 1. The second kappa shape index (κ2) is 8.75. The van der Waals surface area contributed by atoms with Crippen molar-refractivity contribution in [2.45, 2.75) is 38.6 Å². The normalized spacial score (nSPS) is 23.3. The Bertz CT molecular complexity index is 990. The van der Waals surface area contributed by atoms with Gasteiger partial charge in [-0.2, -0.15) is 0 Å². The minimum absolute atomic E-state index is 0.390. The van der Waals surface area contributed by atoms with E-state index >= 15 is 0 Å². The van der Waals surface area contributed by atoms with Gasteiger partial charge in [0.1, 0.15) is 12.4 Å². The predicted molar refractivity (Wildman–Crippen MR) is 119 cm³/mol. The van der Waals surface area contributed by atoms with Crippen molar-refractivity contribution >= 4 is 11.9 Å². The van der Waals surface area contributed by atoms with Gasteiger partial charge in [-0.15, -0.1) is 0 Å². The first kappa shape index (κ1) is 20.1. The topological polar surface area (TPSA) is 61.1 Å². The smallest absolute Gasteiger partial charge is 0.171 e. The molecule has 164 valence electrons. The quantitative estimate of drug-likeness (QED) is 0.750. The minimum Gasteiger partial charge on any atom is -0.495 e. The molecule has 2 aromatic rings. The van der Waals surface area contributed by atoms with Crippen LogP contribution in [0.15, 0.2) is 41.5 Å². The monoisotopic (exact) mass is 422 g/mol. The van der Waals surface area contributed by atoms with Crippen molar-refractivity contribution in [1.82, 2.24) is 14.5 Å². The van der Waals surface area contributed by atoms with Gasteiger partial charge >= 0.3 is 0 Å². The van der Waals surface area contributed by atoms with Crippen molar-refractivity contribution in [1.29, 1.82) is 0 Å². The van der Waals surface area contributed by atoms with Crippen molar-refractivity contribution in [2.24, 2.45) is 11.1 Å². The lowest BCUT2D eigenvalue weighted by Crippen LogP contribution is -2.53. The van der Waals surface area contributed by atoms with Crippen LogP contribution in [0.25, 0.3) is 11.8 Å². The molecular formula is C24H30N4O3. The number of oxime groups is 1. The van der Waals surface area contributed by atoms with E-state index in [9.17, 15) is 0 Å². The van der Waals surface area contributed by atoms with E-state index in [-0.39, 0.29) is 0 Å². The summed E-state index contributed by atoms with van der Waals surface area (Å²) in [4.78, 5) is 12.5. The molecule has 5 rings (SSSR count). The first-order valence-corrected chi connectivity index (χ1v) is 11.2. The summed E-state index contributed by atoms with van der Waals surface area (Å²) in [6, 6.07) is 6.68. The summed E-state index contributed by atoms with van der Waals surface area (Å²) in [5.74, 6) is 2.43. The fraction of sp³-hybridized carbons (Fsp3) is 0.500. The Morgan fingerprint density at radius 1 is 1.23 bits per heavy atom. The summed E-state index contributed by atoms with van der Waals surface area (Å²) in [6.45, 7) is 5.41. The molecule has 1 aromatic carbocycles. The molecule has 7 heteroatoms. The number of hydrogen-bond donors (Lipinski definition) is 0. The third kappa shape index (κ3) is 4.06. The number of amidine groups is 1. The highest BCUT2D eigenvalue weighted by Crippen LogP contribution is 2.33. The van der Waals surface area contributed by atoms with Gasteiger partial charge in [0.2, 0.25) is 0 Å². The van der Waals surface area contributed by atoms with E-state index in [4.69, 9.17) is 14.3 Å². The van der Waals surface area contributed by atoms with Gasteiger partial charge in [0, 0.05) is 26.0 Å². The van der Waals surface area contributed by atoms with Gasteiger partial charge in [-0.1, -0.05) is 11.2 Å². The molecule has 1 aromatic heterocycles. The van der Waals surface area contributed by atoms with E-state index in [2.05, 4.69) is 39.3 Å². The largest absolute Gasteiger partial charge is 0.495 e. The van der Waals surface area contributed by atoms with Crippen LogP contribution < -0.4 is 4.74 Å². The third-order valence-corrected chi connectivity index (χ3v) is 6.55. The van der Waals surface area contributed by atoms with E-state index in [1.165, 1.54) is 5.57 Å². The number of ether oxygens (including phenoxy) is 2. The van der Waals surface area contributed by atoms with Crippen molar-refractivity contribution in [3.63, 3.8) is 0 Å². The van der Waals surface area contributed by atoms with Crippen LogP contribution in [-0.4, -0.2) is 59.8 Å². The predicted octanol–water partition coefficient (Wildman–Crippen LogP) is 3.81. The second-order valence-electron chi connectivity index (χ2n) is 8.55. The molecular weight excluding hydrogens is 392 g/mol. The zero-order valence-electron chi connectivity index (χ0n) is 18.3. The Labute approximate surface area is 183 Å². The van der Waals surface area contributed by atoms with E-state index in [0.717, 1.165) is 74.0 Å². The maximum atomic E-state index is 5.73. The summed E-state index contributed by atoms with van der Waals surface area (Å²) < 4.78 is 13.3. The number of hydrogen-bond acceptors (Lipinski definition) is 6. The van der Waals surface area contributed by atoms with Crippen LogP contribution in [0.5, 0.6) is 5.75 Å². The number of rotatable bonds is 4. The number of aryl methyl sites for hydroxylation is 1. The Morgan fingerprint density at radius 2 is 2.10 bits per heavy atom. The molecule has 0 radical (unpaired) electrons. The van der Waals surface area contributed by atoms with Crippen LogP contribution in [0, 0.1) is 12.8 Å². The number of aromatic nitrogens is 2. The van der Waals surface area contributed by atoms with Gasteiger partial charge in [0.05, 0.1) is 30.9 Å². The summed E-state index contributed by atoms with van der Waals surface area (Å²) in [7, 11) is 1.71. The summed E-state index contributed by atoms with van der Waals surface area (Å²) in [5.41, 5.74) is 4.29.